The van der Waals surface area contributed by atoms with Crippen LogP contribution in [-0.4, -0.2) is 16.1 Å². The van der Waals surface area contributed by atoms with Gasteiger partial charge in [-0.15, -0.1) is 11.6 Å². The van der Waals surface area contributed by atoms with E-state index in [1.807, 2.05) is 0 Å². The van der Waals surface area contributed by atoms with Crippen LogP contribution in [0.3, 0.4) is 0 Å². The lowest BCUT2D eigenvalue weighted by Crippen LogP contribution is -2.10. The molecular formula is C9H7ClF3NO2. The van der Waals surface area contributed by atoms with E-state index in [2.05, 4.69) is 4.98 Å². The van der Waals surface area contributed by atoms with Gasteiger partial charge in [0.25, 0.3) is 6.43 Å². The van der Waals surface area contributed by atoms with Gasteiger partial charge in [0.2, 0.25) is 0 Å². The number of aromatic nitrogens is 1. The molecule has 0 saturated heterocycles. The summed E-state index contributed by atoms with van der Waals surface area (Å²) >= 11 is 5.38. The molecular weight excluding hydrogens is 247 g/mol. The molecule has 0 aliphatic heterocycles. The number of halogens is 4. The second-order valence-corrected chi connectivity index (χ2v) is 3.23. The van der Waals surface area contributed by atoms with Gasteiger partial charge in [-0.3, -0.25) is 9.78 Å². The molecule has 0 aliphatic carbocycles. The standard InChI is InChI=1S/C9H7ClF3NO2/c10-3-4-1-5(11)8(9(12)13)6(14-4)2-7(15)16/h1,9H,2-3H2,(H,15,16). The predicted molar refractivity (Wildman–Crippen MR) is 50.0 cm³/mol. The zero-order valence-electron chi connectivity index (χ0n) is 7.88. The van der Waals surface area contributed by atoms with Gasteiger partial charge in [0.1, 0.15) is 5.82 Å². The quantitative estimate of drug-likeness (QED) is 0.839. The summed E-state index contributed by atoms with van der Waals surface area (Å²) < 4.78 is 38.2. The van der Waals surface area contributed by atoms with Crippen LogP contribution in [0.1, 0.15) is 23.4 Å². The van der Waals surface area contributed by atoms with Crippen LogP contribution in [0, 0.1) is 5.82 Å². The number of pyridine rings is 1. The van der Waals surface area contributed by atoms with Crippen molar-refractivity contribution in [2.75, 3.05) is 0 Å². The van der Waals surface area contributed by atoms with Crippen molar-refractivity contribution in [3.8, 4) is 0 Å². The van der Waals surface area contributed by atoms with Crippen LogP contribution in [0.2, 0.25) is 0 Å². The van der Waals surface area contributed by atoms with Crippen molar-refractivity contribution in [1.29, 1.82) is 0 Å². The number of nitrogens with zero attached hydrogens (tertiary/aromatic N) is 1. The van der Waals surface area contributed by atoms with Crippen molar-refractivity contribution >= 4 is 17.6 Å². The summed E-state index contributed by atoms with van der Waals surface area (Å²) in [5.74, 6) is -2.72. The molecule has 1 heterocycles. The summed E-state index contributed by atoms with van der Waals surface area (Å²) in [5.41, 5.74) is -1.44. The Morgan fingerprint density at radius 1 is 1.56 bits per heavy atom. The lowest BCUT2D eigenvalue weighted by atomic mass is 10.1. The van der Waals surface area contributed by atoms with E-state index in [4.69, 9.17) is 16.7 Å². The Morgan fingerprint density at radius 3 is 2.62 bits per heavy atom. The molecule has 0 radical (unpaired) electrons. The highest BCUT2D eigenvalue weighted by atomic mass is 35.5. The van der Waals surface area contributed by atoms with Crippen LogP contribution < -0.4 is 0 Å². The minimum Gasteiger partial charge on any atom is -0.481 e. The number of carboxylic acids is 1. The molecule has 0 fully saturated rings. The number of aliphatic carboxylic acids is 1. The summed E-state index contributed by atoms with van der Waals surface area (Å²) in [4.78, 5) is 14.0. The zero-order valence-corrected chi connectivity index (χ0v) is 8.64. The van der Waals surface area contributed by atoms with Crippen molar-refractivity contribution in [3.63, 3.8) is 0 Å². The second kappa shape index (κ2) is 5.16. The van der Waals surface area contributed by atoms with Gasteiger partial charge < -0.3 is 5.11 Å². The van der Waals surface area contributed by atoms with Gasteiger partial charge in [-0.05, 0) is 6.07 Å². The zero-order chi connectivity index (χ0) is 12.3. The topological polar surface area (TPSA) is 50.2 Å². The Labute approximate surface area is 93.9 Å². The number of rotatable bonds is 4. The highest BCUT2D eigenvalue weighted by Crippen LogP contribution is 2.26. The van der Waals surface area contributed by atoms with E-state index >= 15 is 0 Å². The monoisotopic (exact) mass is 253 g/mol. The van der Waals surface area contributed by atoms with Crippen LogP contribution in [0.4, 0.5) is 13.2 Å². The molecule has 88 valence electrons. The van der Waals surface area contributed by atoms with Gasteiger partial charge in [-0.1, -0.05) is 0 Å². The third-order valence-electron chi connectivity index (χ3n) is 1.81. The number of alkyl halides is 3. The molecule has 0 aliphatic rings. The largest absolute Gasteiger partial charge is 0.481 e. The summed E-state index contributed by atoms with van der Waals surface area (Å²) in [7, 11) is 0. The van der Waals surface area contributed by atoms with E-state index in [0.717, 1.165) is 6.07 Å². The van der Waals surface area contributed by atoms with E-state index in [0.29, 0.717) is 0 Å². The van der Waals surface area contributed by atoms with Crippen LogP contribution in [0.15, 0.2) is 6.07 Å². The molecule has 0 aromatic carbocycles. The van der Waals surface area contributed by atoms with Gasteiger partial charge in [-0.2, -0.15) is 0 Å². The molecule has 0 bridgehead atoms. The second-order valence-electron chi connectivity index (χ2n) is 2.96. The molecule has 1 aromatic rings. The maximum absolute atomic E-state index is 13.2. The summed E-state index contributed by atoms with van der Waals surface area (Å²) in [6.45, 7) is 0. The molecule has 7 heteroatoms. The van der Waals surface area contributed by atoms with Crippen molar-refractivity contribution < 1.29 is 23.1 Å². The summed E-state index contributed by atoms with van der Waals surface area (Å²) in [5, 5.41) is 8.49. The van der Waals surface area contributed by atoms with E-state index < -0.39 is 35.9 Å². The minimum atomic E-state index is -3.11. The smallest absolute Gasteiger partial charge is 0.309 e. The Morgan fingerprint density at radius 2 is 2.19 bits per heavy atom. The van der Waals surface area contributed by atoms with Crippen molar-refractivity contribution in [3.05, 3.63) is 28.8 Å². The van der Waals surface area contributed by atoms with E-state index in [-0.39, 0.29) is 11.6 Å². The van der Waals surface area contributed by atoms with Crippen LogP contribution >= 0.6 is 11.6 Å². The normalized spacial score (nSPS) is 10.8. The first-order valence-corrected chi connectivity index (χ1v) is 4.73. The fraction of sp³-hybridized carbons (Fsp3) is 0.333. The van der Waals surface area contributed by atoms with Crippen molar-refractivity contribution in [2.24, 2.45) is 0 Å². The van der Waals surface area contributed by atoms with Crippen molar-refractivity contribution in [1.82, 2.24) is 4.98 Å². The molecule has 16 heavy (non-hydrogen) atoms. The first-order chi connectivity index (χ1) is 7.45. The first kappa shape index (κ1) is 12.8. The van der Waals surface area contributed by atoms with Crippen LogP contribution in [0.25, 0.3) is 0 Å². The molecule has 0 spiro atoms. The molecule has 0 saturated carbocycles. The molecule has 1 N–H and O–H groups in total. The average Bonchev–Trinajstić information content (AvgIpc) is 2.14. The Kier molecular flexibility index (Phi) is 4.12. The fourth-order valence-electron chi connectivity index (χ4n) is 1.20. The molecule has 3 nitrogen and oxygen atoms in total. The van der Waals surface area contributed by atoms with E-state index in [9.17, 15) is 18.0 Å². The number of hydrogen-bond acceptors (Lipinski definition) is 2. The number of hydrogen-bond donors (Lipinski definition) is 1. The minimum absolute atomic E-state index is 0.0276. The number of carboxylic acid groups (broad SMARTS) is 1. The molecule has 0 amide bonds. The molecule has 1 aromatic heterocycles. The van der Waals surface area contributed by atoms with Gasteiger partial charge in [0.15, 0.2) is 0 Å². The SMILES string of the molecule is O=C(O)Cc1nc(CCl)cc(F)c1C(F)F. The van der Waals surface area contributed by atoms with Gasteiger partial charge in [-0.25, -0.2) is 13.2 Å². The first-order valence-electron chi connectivity index (χ1n) is 4.19. The summed E-state index contributed by atoms with van der Waals surface area (Å²) in [6.07, 6.45) is -3.87. The van der Waals surface area contributed by atoms with E-state index in [1.54, 1.807) is 0 Å². The molecule has 0 unspecified atom stereocenters. The van der Waals surface area contributed by atoms with Gasteiger partial charge in [0, 0.05) is 0 Å². The third-order valence-corrected chi connectivity index (χ3v) is 2.09. The van der Waals surface area contributed by atoms with Gasteiger partial charge in [0.05, 0.1) is 29.3 Å². The van der Waals surface area contributed by atoms with Gasteiger partial charge >= 0.3 is 5.97 Å². The Bertz CT molecular complexity index is 412. The molecule has 1 rings (SSSR count). The lowest BCUT2D eigenvalue weighted by molar-refractivity contribution is -0.136. The maximum atomic E-state index is 13.2. The Hall–Kier alpha value is -1.30. The fourth-order valence-corrected chi connectivity index (χ4v) is 1.34. The Balaban J connectivity index is 3.28. The van der Waals surface area contributed by atoms with Crippen LogP contribution in [-0.2, 0) is 17.1 Å². The predicted octanol–water partition coefficient (Wildman–Crippen LogP) is 2.52. The highest BCUT2D eigenvalue weighted by Gasteiger charge is 2.22. The average molecular weight is 254 g/mol. The lowest BCUT2D eigenvalue weighted by Gasteiger charge is -2.09. The number of carbonyl (C=O) groups is 1. The van der Waals surface area contributed by atoms with E-state index in [1.165, 1.54) is 0 Å². The third kappa shape index (κ3) is 2.85. The maximum Gasteiger partial charge on any atom is 0.309 e. The van der Waals surface area contributed by atoms with Crippen LogP contribution in [0.5, 0.6) is 0 Å². The highest BCUT2D eigenvalue weighted by molar-refractivity contribution is 6.16. The van der Waals surface area contributed by atoms with Crippen molar-refractivity contribution in [2.45, 2.75) is 18.7 Å². The molecule has 0 atom stereocenters. The summed E-state index contributed by atoms with van der Waals surface area (Å²) in [6, 6.07) is 0.778.